The highest BCUT2D eigenvalue weighted by molar-refractivity contribution is 5.01. The molecule has 74 valence electrons. The Balaban J connectivity index is 2.15. The molecule has 1 fully saturated rings. The maximum absolute atomic E-state index is 9.97. The van der Waals surface area contributed by atoms with Crippen molar-refractivity contribution in [3.8, 4) is 0 Å². The van der Waals surface area contributed by atoms with E-state index in [0.717, 1.165) is 6.42 Å². The Morgan fingerprint density at radius 3 is 2.46 bits per heavy atom. The van der Waals surface area contributed by atoms with E-state index < -0.39 is 11.4 Å². The van der Waals surface area contributed by atoms with Crippen molar-refractivity contribution < 1.29 is 14.6 Å². The van der Waals surface area contributed by atoms with Crippen molar-refractivity contribution in [2.75, 3.05) is 13.2 Å². The largest absolute Gasteiger partial charge is 0.390 e. The number of rotatable bonds is 0. The second-order valence-electron chi connectivity index (χ2n) is 4.16. The van der Waals surface area contributed by atoms with Crippen LogP contribution in [0.15, 0.2) is 12.2 Å². The topological polar surface area (TPSA) is 38.7 Å². The van der Waals surface area contributed by atoms with Crippen LogP contribution in [0.5, 0.6) is 0 Å². The van der Waals surface area contributed by atoms with Crippen molar-refractivity contribution in [2.24, 2.45) is 0 Å². The van der Waals surface area contributed by atoms with Crippen LogP contribution in [0.25, 0.3) is 0 Å². The summed E-state index contributed by atoms with van der Waals surface area (Å²) in [6.45, 7) is 3.11. The molecule has 3 nitrogen and oxygen atoms in total. The third-order valence-corrected chi connectivity index (χ3v) is 2.62. The van der Waals surface area contributed by atoms with E-state index >= 15 is 0 Å². The van der Waals surface area contributed by atoms with Gasteiger partial charge in [0.2, 0.25) is 0 Å². The van der Waals surface area contributed by atoms with Crippen LogP contribution in [0.2, 0.25) is 0 Å². The normalized spacial score (nSPS) is 38.0. The molecule has 1 spiro atoms. The fraction of sp³-hybridized carbons (Fsp3) is 0.800. The standard InChI is InChI=1S/C10H16O3/c1-9(11)4-2-3-5-10(8-9)12-6-7-13-10/h2-3,11H,4-8H2,1H3. The zero-order chi connectivity index (χ0) is 9.36. The molecular weight excluding hydrogens is 168 g/mol. The first-order valence-corrected chi connectivity index (χ1v) is 4.77. The molecule has 0 aromatic carbocycles. The van der Waals surface area contributed by atoms with E-state index in [1.807, 2.05) is 19.1 Å². The van der Waals surface area contributed by atoms with Crippen molar-refractivity contribution in [1.82, 2.24) is 0 Å². The van der Waals surface area contributed by atoms with E-state index in [-0.39, 0.29) is 0 Å². The molecule has 1 aliphatic heterocycles. The molecule has 1 atom stereocenters. The van der Waals surface area contributed by atoms with E-state index in [9.17, 15) is 5.11 Å². The number of hydrogen-bond donors (Lipinski definition) is 1. The quantitative estimate of drug-likeness (QED) is 0.575. The molecule has 0 amide bonds. The Morgan fingerprint density at radius 2 is 1.77 bits per heavy atom. The monoisotopic (exact) mass is 184 g/mol. The summed E-state index contributed by atoms with van der Waals surface area (Å²) in [7, 11) is 0. The Kier molecular flexibility index (Phi) is 2.18. The molecule has 0 bridgehead atoms. The first kappa shape index (κ1) is 9.19. The first-order chi connectivity index (χ1) is 6.12. The van der Waals surface area contributed by atoms with Crippen LogP contribution >= 0.6 is 0 Å². The van der Waals surface area contributed by atoms with Crippen LogP contribution in [0.3, 0.4) is 0 Å². The zero-order valence-electron chi connectivity index (χ0n) is 7.95. The van der Waals surface area contributed by atoms with E-state index in [4.69, 9.17) is 9.47 Å². The summed E-state index contributed by atoms with van der Waals surface area (Å²) in [5, 5.41) is 9.97. The smallest absolute Gasteiger partial charge is 0.174 e. The highest BCUT2D eigenvalue weighted by atomic mass is 16.7. The molecule has 0 aromatic rings. The van der Waals surface area contributed by atoms with Gasteiger partial charge in [-0.15, -0.1) is 0 Å². The van der Waals surface area contributed by atoms with E-state index in [2.05, 4.69) is 0 Å². The molecule has 1 saturated heterocycles. The van der Waals surface area contributed by atoms with Gasteiger partial charge in [-0.25, -0.2) is 0 Å². The van der Waals surface area contributed by atoms with Crippen LogP contribution in [0.4, 0.5) is 0 Å². The van der Waals surface area contributed by atoms with Gasteiger partial charge in [-0.3, -0.25) is 0 Å². The molecule has 3 heteroatoms. The number of aliphatic hydroxyl groups is 1. The van der Waals surface area contributed by atoms with Crippen molar-refractivity contribution in [1.29, 1.82) is 0 Å². The van der Waals surface area contributed by atoms with Crippen LogP contribution in [0, 0.1) is 0 Å². The predicted molar refractivity (Wildman–Crippen MR) is 48.2 cm³/mol. The maximum Gasteiger partial charge on any atom is 0.174 e. The highest BCUT2D eigenvalue weighted by Crippen LogP contribution is 2.36. The summed E-state index contributed by atoms with van der Waals surface area (Å²) < 4.78 is 11.1. The summed E-state index contributed by atoms with van der Waals surface area (Å²) in [4.78, 5) is 0. The molecule has 1 heterocycles. The Hall–Kier alpha value is -0.380. The maximum atomic E-state index is 9.97. The lowest BCUT2D eigenvalue weighted by molar-refractivity contribution is -0.186. The zero-order valence-corrected chi connectivity index (χ0v) is 7.95. The van der Waals surface area contributed by atoms with Crippen molar-refractivity contribution in [2.45, 2.75) is 37.6 Å². The molecule has 2 rings (SSSR count). The lowest BCUT2D eigenvalue weighted by atomic mass is 9.94. The van der Waals surface area contributed by atoms with Gasteiger partial charge in [-0.2, -0.15) is 0 Å². The van der Waals surface area contributed by atoms with Crippen LogP contribution in [-0.2, 0) is 9.47 Å². The van der Waals surface area contributed by atoms with Gasteiger partial charge >= 0.3 is 0 Å². The fourth-order valence-electron chi connectivity index (χ4n) is 2.04. The van der Waals surface area contributed by atoms with Gasteiger partial charge in [0.05, 0.1) is 18.8 Å². The number of hydrogen-bond acceptors (Lipinski definition) is 3. The van der Waals surface area contributed by atoms with Crippen molar-refractivity contribution >= 4 is 0 Å². The molecule has 0 radical (unpaired) electrons. The summed E-state index contributed by atoms with van der Waals surface area (Å²) >= 11 is 0. The SMILES string of the molecule is CC1(O)CC=CCC2(C1)OCCO2. The molecule has 2 aliphatic rings. The lowest BCUT2D eigenvalue weighted by Crippen LogP contribution is -2.38. The van der Waals surface area contributed by atoms with E-state index in [1.54, 1.807) is 0 Å². The molecule has 0 saturated carbocycles. The molecular formula is C10H16O3. The minimum atomic E-state index is -0.697. The summed E-state index contributed by atoms with van der Waals surface area (Å²) in [6, 6.07) is 0. The van der Waals surface area contributed by atoms with Gasteiger partial charge in [0.1, 0.15) is 0 Å². The van der Waals surface area contributed by atoms with E-state index in [0.29, 0.717) is 26.1 Å². The van der Waals surface area contributed by atoms with Gasteiger partial charge in [0.15, 0.2) is 5.79 Å². The van der Waals surface area contributed by atoms with Crippen molar-refractivity contribution in [3.63, 3.8) is 0 Å². The summed E-state index contributed by atoms with van der Waals surface area (Å²) in [5.41, 5.74) is -0.697. The third kappa shape index (κ3) is 1.93. The minimum absolute atomic E-state index is 0.545. The first-order valence-electron chi connectivity index (χ1n) is 4.77. The third-order valence-electron chi connectivity index (χ3n) is 2.62. The average Bonchev–Trinajstić information content (AvgIpc) is 2.40. The predicted octanol–water partition coefficient (Wildman–Crippen LogP) is 1.22. The molecule has 1 N–H and O–H groups in total. The molecule has 1 aliphatic carbocycles. The van der Waals surface area contributed by atoms with Gasteiger partial charge in [0.25, 0.3) is 0 Å². The van der Waals surface area contributed by atoms with E-state index in [1.165, 1.54) is 0 Å². The second-order valence-corrected chi connectivity index (χ2v) is 4.16. The average molecular weight is 184 g/mol. The van der Waals surface area contributed by atoms with Gasteiger partial charge in [-0.05, 0) is 13.3 Å². The van der Waals surface area contributed by atoms with Crippen molar-refractivity contribution in [3.05, 3.63) is 12.2 Å². The molecule has 0 aromatic heterocycles. The van der Waals surface area contributed by atoms with Gasteiger partial charge in [0, 0.05) is 12.8 Å². The number of ether oxygens (including phenoxy) is 2. The molecule has 1 unspecified atom stereocenters. The Morgan fingerprint density at radius 1 is 1.15 bits per heavy atom. The van der Waals surface area contributed by atoms with Crippen LogP contribution in [0.1, 0.15) is 26.2 Å². The Bertz CT molecular complexity index is 214. The van der Waals surface area contributed by atoms with Gasteiger partial charge < -0.3 is 14.6 Å². The second kappa shape index (κ2) is 3.08. The fourth-order valence-corrected chi connectivity index (χ4v) is 2.04. The molecule has 13 heavy (non-hydrogen) atoms. The highest BCUT2D eigenvalue weighted by Gasteiger charge is 2.42. The Labute approximate surface area is 78.3 Å². The minimum Gasteiger partial charge on any atom is -0.390 e. The van der Waals surface area contributed by atoms with Crippen LogP contribution < -0.4 is 0 Å². The summed E-state index contributed by atoms with van der Waals surface area (Å²) in [5.74, 6) is -0.545. The van der Waals surface area contributed by atoms with Crippen LogP contribution in [-0.4, -0.2) is 29.7 Å². The van der Waals surface area contributed by atoms with Gasteiger partial charge in [-0.1, -0.05) is 12.2 Å². The lowest BCUT2D eigenvalue weighted by Gasteiger charge is -2.31. The summed E-state index contributed by atoms with van der Waals surface area (Å²) in [6.07, 6.45) is 6.03.